The van der Waals surface area contributed by atoms with Gasteiger partial charge in [-0.1, -0.05) is 45.0 Å². The number of fused-ring (bicyclic) bond motifs is 1. The molecule has 2 heterocycles. The Balaban J connectivity index is 1.79. The summed E-state index contributed by atoms with van der Waals surface area (Å²) >= 11 is 0. The average molecular weight is 408 g/mol. The molecule has 0 aliphatic rings. The molecule has 2 aromatic heterocycles. The van der Waals surface area contributed by atoms with Crippen LogP contribution in [0.4, 0.5) is 4.79 Å². The molecule has 0 aliphatic carbocycles. The van der Waals surface area contributed by atoms with Crippen LogP contribution in [0.1, 0.15) is 52.2 Å². The zero-order chi connectivity index (χ0) is 21.7. The van der Waals surface area contributed by atoms with Gasteiger partial charge in [-0.25, -0.2) is 9.78 Å². The Labute approximate surface area is 179 Å². The standard InChI is InChI=1S/C24H33N5O/c1-6-29(7-2)23(30)27-14-8-9-19-20(28-22-21(19)25-15-16-26-22)17-10-12-18(13-11-17)24(3,4)5/h10-13,15-16H,6-9,14H2,1-5H3,(H,26,28)(H,27,30). The normalized spacial score (nSPS) is 11.6. The summed E-state index contributed by atoms with van der Waals surface area (Å²) in [6.07, 6.45) is 5.09. The smallest absolute Gasteiger partial charge is 0.317 e. The molecule has 1 aromatic carbocycles. The van der Waals surface area contributed by atoms with E-state index in [0.29, 0.717) is 6.54 Å². The van der Waals surface area contributed by atoms with Crippen molar-refractivity contribution >= 4 is 17.2 Å². The predicted molar refractivity (Wildman–Crippen MR) is 123 cm³/mol. The van der Waals surface area contributed by atoms with Gasteiger partial charge in [0.15, 0.2) is 5.65 Å². The summed E-state index contributed by atoms with van der Waals surface area (Å²) < 4.78 is 0. The second-order valence-electron chi connectivity index (χ2n) is 8.57. The summed E-state index contributed by atoms with van der Waals surface area (Å²) in [6.45, 7) is 12.7. The third-order valence-corrected chi connectivity index (χ3v) is 5.50. The number of hydrogen-bond acceptors (Lipinski definition) is 3. The lowest BCUT2D eigenvalue weighted by Crippen LogP contribution is -2.40. The van der Waals surface area contributed by atoms with E-state index in [4.69, 9.17) is 0 Å². The number of carbonyl (C=O) groups excluding carboxylic acids is 1. The molecule has 6 heteroatoms. The van der Waals surface area contributed by atoms with E-state index in [9.17, 15) is 4.79 Å². The first-order valence-corrected chi connectivity index (χ1v) is 10.8. The number of nitrogens with one attached hydrogen (secondary N) is 2. The Morgan fingerprint density at radius 2 is 1.73 bits per heavy atom. The number of nitrogens with zero attached hydrogens (tertiary/aromatic N) is 3. The SMILES string of the molecule is CCN(CC)C(=O)NCCCc1c(-c2ccc(C(C)(C)C)cc2)[nH]c2nccnc12. The maximum atomic E-state index is 12.2. The molecule has 0 bridgehead atoms. The van der Waals surface area contributed by atoms with Crippen LogP contribution in [-0.2, 0) is 11.8 Å². The van der Waals surface area contributed by atoms with E-state index >= 15 is 0 Å². The molecule has 160 valence electrons. The molecule has 3 rings (SSSR count). The summed E-state index contributed by atoms with van der Waals surface area (Å²) in [5, 5.41) is 3.02. The molecule has 3 aromatic rings. The van der Waals surface area contributed by atoms with Crippen LogP contribution in [0.25, 0.3) is 22.4 Å². The maximum absolute atomic E-state index is 12.2. The average Bonchev–Trinajstić information content (AvgIpc) is 3.10. The van der Waals surface area contributed by atoms with Crippen molar-refractivity contribution in [1.29, 1.82) is 0 Å². The van der Waals surface area contributed by atoms with Gasteiger partial charge in [-0.15, -0.1) is 0 Å². The lowest BCUT2D eigenvalue weighted by atomic mass is 9.86. The Kier molecular flexibility index (Phi) is 6.75. The lowest BCUT2D eigenvalue weighted by Gasteiger charge is -2.19. The number of aromatic amines is 1. The first-order valence-electron chi connectivity index (χ1n) is 10.8. The van der Waals surface area contributed by atoms with Gasteiger partial charge in [-0.2, -0.15) is 0 Å². The Hall–Kier alpha value is -2.89. The van der Waals surface area contributed by atoms with Crippen LogP contribution in [0.3, 0.4) is 0 Å². The third-order valence-electron chi connectivity index (χ3n) is 5.50. The van der Waals surface area contributed by atoms with E-state index < -0.39 is 0 Å². The van der Waals surface area contributed by atoms with Crippen LogP contribution >= 0.6 is 0 Å². The number of H-pyrrole nitrogens is 1. The highest BCUT2D eigenvalue weighted by molar-refractivity contribution is 5.85. The molecular formula is C24H33N5O. The second-order valence-corrected chi connectivity index (χ2v) is 8.57. The fraction of sp³-hybridized carbons (Fsp3) is 0.458. The van der Waals surface area contributed by atoms with Gasteiger partial charge >= 0.3 is 6.03 Å². The minimum absolute atomic E-state index is 0.00305. The molecule has 0 atom stereocenters. The zero-order valence-corrected chi connectivity index (χ0v) is 18.7. The van der Waals surface area contributed by atoms with Crippen LogP contribution in [0, 0.1) is 0 Å². The van der Waals surface area contributed by atoms with Gasteiger partial charge < -0.3 is 15.2 Å². The van der Waals surface area contributed by atoms with E-state index in [1.807, 2.05) is 13.8 Å². The monoisotopic (exact) mass is 407 g/mol. The van der Waals surface area contributed by atoms with Gasteiger partial charge in [0.25, 0.3) is 0 Å². The van der Waals surface area contributed by atoms with E-state index in [-0.39, 0.29) is 11.4 Å². The highest BCUT2D eigenvalue weighted by Gasteiger charge is 2.17. The van der Waals surface area contributed by atoms with Crippen LogP contribution < -0.4 is 5.32 Å². The van der Waals surface area contributed by atoms with Crippen molar-refractivity contribution in [2.75, 3.05) is 19.6 Å². The van der Waals surface area contributed by atoms with E-state index in [1.165, 1.54) is 5.56 Å². The van der Waals surface area contributed by atoms with Gasteiger partial charge in [0, 0.05) is 37.6 Å². The number of aromatic nitrogens is 3. The Morgan fingerprint density at radius 1 is 1.07 bits per heavy atom. The molecule has 6 nitrogen and oxygen atoms in total. The molecule has 2 N–H and O–H groups in total. The van der Waals surface area contributed by atoms with E-state index in [0.717, 1.165) is 53.9 Å². The maximum Gasteiger partial charge on any atom is 0.317 e. The quantitative estimate of drug-likeness (QED) is 0.547. The molecule has 0 fully saturated rings. The number of aryl methyl sites for hydroxylation is 1. The van der Waals surface area contributed by atoms with Crippen LogP contribution in [0.2, 0.25) is 0 Å². The Morgan fingerprint density at radius 3 is 2.37 bits per heavy atom. The number of amides is 2. The number of hydrogen-bond donors (Lipinski definition) is 2. The summed E-state index contributed by atoms with van der Waals surface area (Å²) in [5.41, 5.74) is 6.47. The fourth-order valence-corrected chi connectivity index (χ4v) is 3.67. The van der Waals surface area contributed by atoms with Gasteiger partial charge in [0.1, 0.15) is 5.52 Å². The Bertz CT molecular complexity index is 981. The van der Waals surface area contributed by atoms with E-state index in [1.54, 1.807) is 17.3 Å². The zero-order valence-electron chi connectivity index (χ0n) is 18.7. The molecule has 0 saturated carbocycles. The molecule has 0 radical (unpaired) electrons. The van der Waals surface area contributed by atoms with Crippen molar-refractivity contribution in [3.63, 3.8) is 0 Å². The number of carbonyl (C=O) groups is 1. The predicted octanol–water partition coefficient (Wildman–Crippen LogP) is 4.91. The van der Waals surface area contributed by atoms with Crippen LogP contribution in [0.15, 0.2) is 36.7 Å². The van der Waals surface area contributed by atoms with Crippen molar-refractivity contribution in [3.05, 3.63) is 47.8 Å². The first kappa shape index (κ1) is 21.8. The van der Waals surface area contributed by atoms with Crippen molar-refractivity contribution in [3.8, 4) is 11.3 Å². The largest absolute Gasteiger partial charge is 0.338 e. The molecule has 0 spiro atoms. The van der Waals surface area contributed by atoms with Gasteiger partial charge in [0.2, 0.25) is 0 Å². The minimum atomic E-state index is -0.00305. The van der Waals surface area contributed by atoms with Crippen molar-refractivity contribution in [2.24, 2.45) is 0 Å². The molecule has 2 amide bonds. The number of urea groups is 1. The third kappa shape index (κ3) is 4.81. The number of benzene rings is 1. The highest BCUT2D eigenvalue weighted by Crippen LogP contribution is 2.31. The van der Waals surface area contributed by atoms with Crippen LogP contribution in [-0.4, -0.2) is 45.5 Å². The molecule has 0 aliphatic heterocycles. The summed E-state index contributed by atoms with van der Waals surface area (Å²) in [7, 11) is 0. The van der Waals surface area contributed by atoms with Crippen molar-refractivity contribution in [2.45, 2.75) is 52.9 Å². The van der Waals surface area contributed by atoms with Crippen LogP contribution in [0.5, 0.6) is 0 Å². The highest BCUT2D eigenvalue weighted by atomic mass is 16.2. The second kappa shape index (κ2) is 9.28. The molecular weight excluding hydrogens is 374 g/mol. The topological polar surface area (TPSA) is 73.9 Å². The first-order chi connectivity index (χ1) is 14.3. The summed E-state index contributed by atoms with van der Waals surface area (Å²) in [5.74, 6) is 0. The van der Waals surface area contributed by atoms with E-state index in [2.05, 4.69) is 65.3 Å². The molecule has 0 unspecified atom stereocenters. The molecule has 30 heavy (non-hydrogen) atoms. The summed E-state index contributed by atoms with van der Waals surface area (Å²) in [6, 6.07) is 8.70. The number of rotatable bonds is 7. The van der Waals surface area contributed by atoms with Gasteiger partial charge in [-0.05, 0) is 43.2 Å². The fourth-order valence-electron chi connectivity index (χ4n) is 3.67. The summed E-state index contributed by atoms with van der Waals surface area (Å²) in [4.78, 5) is 26.4. The lowest BCUT2D eigenvalue weighted by molar-refractivity contribution is 0.203. The van der Waals surface area contributed by atoms with Crippen molar-refractivity contribution < 1.29 is 4.79 Å². The minimum Gasteiger partial charge on any atom is -0.338 e. The van der Waals surface area contributed by atoms with Gasteiger partial charge in [0.05, 0.1) is 5.69 Å². The van der Waals surface area contributed by atoms with Crippen molar-refractivity contribution in [1.82, 2.24) is 25.2 Å². The van der Waals surface area contributed by atoms with Gasteiger partial charge in [-0.3, -0.25) is 4.98 Å². The molecule has 0 saturated heterocycles.